The summed E-state index contributed by atoms with van der Waals surface area (Å²) >= 11 is 0. The van der Waals surface area contributed by atoms with E-state index in [1.807, 2.05) is 6.92 Å². The molecule has 0 saturated heterocycles. The number of fused-ring (bicyclic) bond motifs is 3. The van der Waals surface area contributed by atoms with Crippen molar-refractivity contribution in [3.05, 3.63) is 0 Å². The molecule has 0 radical (unpaired) electrons. The van der Waals surface area contributed by atoms with Gasteiger partial charge in [-0.3, -0.25) is 4.79 Å². The summed E-state index contributed by atoms with van der Waals surface area (Å²) < 4.78 is 5.10. The van der Waals surface area contributed by atoms with Crippen LogP contribution in [0.15, 0.2) is 0 Å². The number of carbonyl (C=O) groups excluding carboxylic acids is 1. The summed E-state index contributed by atoms with van der Waals surface area (Å²) in [6.07, 6.45) is 6.31. The third-order valence-electron chi connectivity index (χ3n) is 3.64. The summed E-state index contributed by atoms with van der Waals surface area (Å²) in [6.45, 7) is 2.42. The molecule has 3 fully saturated rings. The first kappa shape index (κ1) is 9.04. The van der Waals surface area contributed by atoms with Gasteiger partial charge in [-0.1, -0.05) is 12.8 Å². The molecular weight excluding hydrogens is 164 g/mol. The second-order valence-corrected chi connectivity index (χ2v) is 4.38. The third kappa shape index (κ3) is 1.72. The van der Waals surface area contributed by atoms with Crippen molar-refractivity contribution < 1.29 is 9.53 Å². The van der Waals surface area contributed by atoms with E-state index >= 15 is 0 Å². The Labute approximate surface area is 79.7 Å². The Kier molecular flexibility index (Phi) is 2.56. The lowest BCUT2D eigenvalue weighted by molar-refractivity contribution is -0.153. The van der Waals surface area contributed by atoms with Gasteiger partial charge in [-0.05, 0) is 38.0 Å². The van der Waals surface area contributed by atoms with E-state index in [0.29, 0.717) is 12.5 Å². The zero-order chi connectivity index (χ0) is 9.26. The molecule has 1 atom stereocenters. The average Bonchev–Trinajstić information content (AvgIpc) is 2.20. The van der Waals surface area contributed by atoms with E-state index in [-0.39, 0.29) is 11.9 Å². The molecule has 0 aromatic rings. The molecule has 3 saturated carbocycles. The van der Waals surface area contributed by atoms with Gasteiger partial charge in [-0.25, -0.2) is 0 Å². The van der Waals surface area contributed by atoms with Gasteiger partial charge in [0.1, 0.15) is 0 Å². The predicted molar refractivity (Wildman–Crippen MR) is 50.2 cm³/mol. The van der Waals surface area contributed by atoms with Crippen molar-refractivity contribution >= 4 is 5.97 Å². The van der Waals surface area contributed by atoms with Crippen molar-refractivity contribution in [2.75, 3.05) is 6.61 Å². The van der Waals surface area contributed by atoms with Crippen LogP contribution in [0.25, 0.3) is 0 Å². The van der Waals surface area contributed by atoms with E-state index in [1.165, 1.54) is 25.7 Å². The van der Waals surface area contributed by atoms with Crippen LogP contribution < -0.4 is 0 Å². The summed E-state index contributed by atoms with van der Waals surface area (Å²) in [5, 5.41) is 0. The highest BCUT2D eigenvalue weighted by Crippen LogP contribution is 2.45. The van der Waals surface area contributed by atoms with Crippen LogP contribution >= 0.6 is 0 Å². The first-order chi connectivity index (χ1) is 6.31. The van der Waals surface area contributed by atoms with Crippen molar-refractivity contribution in [1.82, 2.24) is 0 Å². The highest BCUT2D eigenvalue weighted by molar-refractivity contribution is 5.73. The predicted octanol–water partition coefficient (Wildman–Crippen LogP) is 2.38. The fourth-order valence-corrected chi connectivity index (χ4v) is 2.92. The number of rotatable bonds is 2. The Hall–Kier alpha value is -0.530. The Morgan fingerprint density at radius 2 is 2.00 bits per heavy atom. The van der Waals surface area contributed by atoms with Gasteiger partial charge in [-0.2, -0.15) is 0 Å². The van der Waals surface area contributed by atoms with Crippen LogP contribution in [0.3, 0.4) is 0 Å². The molecule has 74 valence electrons. The van der Waals surface area contributed by atoms with E-state index in [4.69, 9.17) is 4.74 Å². The maximum Gasteiger partial charge on any atom is 0.309 e. The third-order valence-corrected chi connectivity index (χ3v) is 3.64. The lowest BCUT2D eigenvalue weighted by Crippen LogP contribution is -2.36. The van der Waals surface area contributed by atoms with Crippen LogP contribution in [0.2, 0.25) is 0 Å². The Balaban J connectivity index is 1.96. The van der Waals surface area contributed by atoms with Crippen LogP contribution in [0.5, 0.6) is 0 Å². The summed E-state index contributed by atoms with van der Waals surface area (Å²) in [5.41, 5.74) is 0. The molecule has 3 aliphatic rings. The molecule has 0 heterocycles. The number of hydrogen-bond acceptors (Lipinski definition) is 2. The quantitative estimate of drug-likeness (QED) is 0.613. The van der Waals surface area contributed by atoms with Crippen LogP contribution in [-0.4, -0.2) is 12.6 Å². The van der Waals surface area contributed by atoms with Crippen molar-refractivity contribution in [2.45, 2.75) is 39.0 Å². The fourth-order valence-electron chi connectivity index (χ4n) is 2.92. The van der Waals surface area contributed by atoms with Gasteiger partial charge in [-0.15, -0.1) is 0 Å². The van der Waals surface area contributed by atoms with Gasteiger partial charge < -0.3 is 4.74 Å². The topological polar surface area (TPSA) is 26.3 Å². The molecule has 2 heteroatoms. The van der Waals surface area contributed by atoms with E-state index in [0.717, 1.165) is 12.3 Å². The Bertz CT molecular complexity index is 192. The van der Waals surface area contributed by atoms with Crippen LogP contribution in [0.4, 0.5) is 0 Å². The zero-order valence-electron chi connectivity index (χ0n) is 8.29. The standard InChI is InChI=1S/C11H18O2/c1-2-13-11(12)10-7-8-3-5-9(10)6-4-8/h8-10H,2-7H2,1H3/t8?,9?,10-/m0/s1. The molecule has 0 unspecified atom stereocenters. The minimum atomic E-state index is 0.0666. The molecule has 0 N–H and O–H groups in total. The maximum atomic E-state index is 11.6. The molecule has 13 heavy (non-hydrogen) atoms. The maximum absolute atomic E-state index is 11.6. The minimum Gasteiger partial charge on any atom is -0.466 e. The number of hydrogen-bond donors (Lipinski definition) is 0. The highest BCUT2D eigenvalue weighted by Gasteiger charge is 2.39. The summed E-state index contributed by atoms with van der Waals surface area (Å²) in [6, 6.07) is 0. The van der Waals surface area contributed by atoms with Gasteiger partial charge in [0.2, 0.25) is 0 Å². The first-order valence-corrected chi connectivity index (χ1v) is 5.48. The van der Waals surface area contributed by atoms with Crippen molar-refractivity contribution in [2.24, 2.45) is 17.8 Å². The molecule has 3 rings (SSSR count). The SMILES string of the molecule is CCOC(=O)[C@H]1CC2CCC1CC2. The fraction of sp³-hybridized carbons (Fsp3) is 0.909. The molecular formula is C11H18O2. The van der Waals surface area contributed by atoms with Crippen LogP contribution in [0.1, 0.15) is 39.0 Å². The second kappa shape index (κ2) is 3.69. The van der Waals surface area contributed by atoms with Crippen LogP contribution in [-0.2, 0) is 9.53 Å². The van der Waals surface area contributed by atoms with Gasteiger partial charge >= 0.3 is 5.97 Å². The van der Waals surface area contributed by atoms with Gasteiger partial charge in [0, 0.05) is 0 Å². The molecule has 0 aliphatic heterocycles. The summed E-state index contributed by atoms with van der Waals surface area (Å²) in [4.78, 5) is 11.6. The summed E-state index contributed by atoms with van der Waals surface area (Å²) in [5.74, 6) is 1.77. The van der Waals surface area contributed by atoms with E-state index in [9.17, 15) is 4.79 Å². The normalized spacial score (nSPS) is 37.5. The molecule has 0 amide bonds. The van der Waals surface area contributed by atoms with E-state index in [1.54, 1.807) is 0 Å². The van der Waals surface area contributed by atoms with Crippen molar-refractivity contribution in [3.63, 3.8) is 0 Å². The number of carbonyl (C=O) groups is 1. The molecule has 3 aliphatic carbocycles. The zero-order valence-corrected chi connectivity index (χ0v) is 8.29. The molecule has 2 bridgehead atoms. The Morgan fingerprint density at radius 3 is 2.46 bits per heavy atom. The monoisotopic (exact) mass is 182 g/mol. The van der Waals surface area contributed by atoms with Crippen molar-refractivity contribution in [3.8, 4) is 0 Å². The van der Waals surface area contributed by atoms with Gasteiger partial charge in [0.25, 0.3) is 0 Å². The molecule has 0 spiro atoms. The molecule has 0 aromatic carbocycles. The highest BCUT2D eigenvalue weighted by atomic mass is 16.5. The Morgan fingerprint density at radius 1 is 1.31 bits per heavy atom. The minimum absolute atomic E-state index is 0.0666. The van der Waals surface area contributed by atoms with E-state index in [2.05, 4.69) is 0 Å². The smallest absolute Gasteiger partial charge is 0.309 e. The lowest BCUT2D eigenvalue weighted by atomic mass is 9.65. The largest absolute Gasteiger partial charge is 0.466 e. The first-order valence-electron chi connectivity index (χ1n) is 5.48. The number of esters is 1. The lowest BCUT2D eigenvalue weighted by Gasteiger charge is -2.40. The molecule has 0 aromatic heterocycles. The van der Waals surface area contributed by atoms with Crippen molar-refractivity contribution in [1.29, 1.82) is 0 Å². The van der Waals surface area contributed by atoms with Gasteiger partial charge in [0.15, 0.2) is 0 Å². The number of ether oxygens (including phenoxy) is 1. The summed E-state index contributed by atoms with van der Waals surface area (Å²) in [7, 11) is 0. The van der Waals surface area contributed by atoms with E-state index < -0.39 is 0 Å². The second-order valence-electron chi connectivity index (χ2n) is 4.38. The van der Waals surface area contributed by atoms with Crippen LogP contribution in [0, 0.1) is 17.8 Å². The average molecular weight is 182 g/mol. The molecule has 2 nitrogen and oxygen atoms in total. The van der Waals surface area contributed by atoms with Gasteiger partial charge in [0.05, 0.1) is 12.5 Å².